The van der Waals surface area contributed by atoms with Gasteiger partial charge in [0.05, 0.1) is 0 Å². The van der Waals surface area contributed by atoms with E-state index in [4.69, 9.17) is 4.74 Å². The van der Waals surface area contributed by atoms with E-state index in [1.165, 1.54) is 43.8 Å². The van der Waals surface area contributed by atoms with Gasteiger partial charge in [-0.1, -0.05) is 5.10 Å². The third kappa shape index (κ3) is 1.81. The van der Waals surface area contributed by atoms with Gasteiger partial charge >= 0.3 is 0 Å². The fraction of sp³-hybridized carbons (Fsp3) is 0.818. The van der Waals surface area contributed by atoms with E-state index >= 15 is 0 Å². The normalized spacial score (nSPS) is 43.0. The zero-order valence-corrected chi connectivity index (χ0v) is 11.8. The van der Waals surface area contributed by atoms with Gasteiger partial charge in [0.15, 0.2) is 3.92 Å². The lowest BCUT2D eigenvalue weighted by molar-refractivity contribution is -0.0986. The molecule has 4 nitrogen and oxygen atoms in total. The molecule has 17 heavy (non-hydrogen) atoms. The van der Waals surface area contributed by atoms with Crippen LogP contribution >= 0.6 is 27.3 Å². The molecule has 4 heterocycles. The summed E-state index contributed by atoms with van der Waals surface area (Å²) in [5.41, 5.74) is 0. The van der Waals surface area contributed by atoms with Crippen LogP contribution in [0, 0.1) is 17.8 Å². The van der Waals surface area contributed by atoms with Gasteiger partial charge in [0, 0.05) is 31.5 Å². The first-order valence-electron chi connectivity index (χ1n) is 6.16. The zero-order valence-electron chi connectivity index (χ0n) is 9.38. The molecular formula is C11H14BrN3OS. The third-order valence-electron chi connectivity index (χ3n) is 4.32. The van der Waals surface area contributed by atoms with Gasteiger partial charge in [-0.3, -0.25) is 0 Å². The molecule has 6 heteroatoms. The van der Waals surface area contributed by atoms with Crippen molar-refractivity contribution in [1.29, 1.82) is 0 Å². The number of ether oxygens (including phenoxy) is 1. The predicted octanol–water partition coefficient (Wildman–Crippen LogP) is 2.02. The molecule has 0 N–H and O–H groups in total. The lowest BCUT2D eigenvalue weighted by atomic mass is 9.66. The second kappa shape index (κ2) is 3.90. The van der Waals surface area contributed by atoms with Gasteiger partial charge in [0.2, 0.25) is 0 Å². The van der Waals surface area contributed by atoms with E-state index in [1.54, 1.807) is 0 Å². The molecule has 1 aromatic rings. The molecule has 2 atom stereocenters. The first kappa shape index (κ1) is 10.7. The summed E-state index contributed by atoms with van der Waals surface area (Å²) in [5.74, 6) is 2.35. The molecule has 3 saturated heterocycles. The first-order chi connectivity index (χ1) is 8.28. The van der Waals surface area contributed by atoms with Crippen molar-refractivity contribution in [3.05, 3.63) is 3.92 Å². The largest absolute Gasteiger partial charge is 0.465 e. The molecule has 5 rings (SSSR count). The summed E-state index contributed by atoms with van der Waals surface area (Å²) in [4.78, 5) is 2.61. The van der Waals surface area contributed by atoms with Crippen molar-refractivity contribution in [1.82, 2.24) is 15.1 Å². The van der Waals surface area contributed by atoms with Crippen LogP contribution in [0.1, 0.15) is 12.8 Å². The van der Waals surface area contributed by atoms with Crippen LogP contribution in [0.2, 0.25) is 0 Å². The lowest BCUT2D eigenvalue weighted by Gasteiger charge is -2.54. The maximum Gasteiger partial charge on any atom is 0.295 e. The summed E-state index contributed by atoms with van der Waals surface area (Å²) < 4.78 is 6.91. The van der Waals surface area contributed by atoms with Crippen molar-refractivity contribution in [3.63, 3.8) is 0 Å². The van der Waals surface area contributed by atoms with E-state index in [0.29, 0.717) is 17.9 Å². The molecule has 0 amide bonds. The zero-order chi connectivity index (χ0) is 11.4. The molecule has 4 fully saturated rings. The third-order valence-corrected chi connectivity index (χ3v) is 5.57. The van der Waals surface area contributed by atoms with E-state index in [-0.39, 0.29) is 0 Å². The van der Waals surface area contributed by atoms with E-state index in [1.807, 2.05) is 0 Å². The second-order valence-electron chi connectivity index (χ2n) is 5.48. The molecule has 1 aliphatic carbocycles. The number of halogens is 1. The Hall–Kier alpha value is -0.200. The predicted molar refractivity (Wildman–Crippen MR) is 68.2 cm³/mol. The van der Waals surface area contributed by atoms with Crippen molar-refractivity contribution >= 4 is 27.3 Å². The van der Waals surface area contributed by atoms with Gasteiger partial charge in [-0.05, 0) is 46.0 Å². The van der Waals surface area contributed by atoms with Gasteiger partial charge in [0.25, 0.3) is 5.19 Å². The SMILES string of the molecule is Brc1nnc(OC2C3CC4CC2CN(C4)C3)s1. The number of hydrogen-bond acceptors (Lipinski definition) is 5. The van der Waals surface area contributed by atoms with Gasteiger partial charge in [-0.2, -0.15) is 0 Å². The molecular weight excluding hydrogens is 302 g/mol. The maximum absolute atomic E-state index is 6.10. The molecule has 0 spiro atoms. The van der Waals surface area contributed by atoms with Gasteiger partial charge < -0.3 is 9.64 Å². The standard InChI is InChI=1S/C11H14BrN3OS/c12-10-13-14-11(17-10)16-9-7-1-6-2-8(9)5-15(3-6)4-7/h6-9H,1-5H2. The summed E-state index contributed by atoms with van der Waals surface area (Å²) >= 11 is 4.82. The number of aromatic nitrogens is 2. The average Bonchev–Trinajstić information content (AvgIpc) is 2.68. The highest BCUT2D eigenvalue weighted by Crippen LogP contribution is 2.45. The highest BCUT2D eigenvalue weighted by atomic mass is 79.9. The van der Waals surface area contributed by atoms with Crippen molar-refractivity contribution in [2.75, 3.05) is 19.6 Å². The van der Waals surface area contributed by atoms with Crippen molar-refractivity contribution in [2.24, 2.45) is 17.8 Å². The fourth-order valence-corrected chi connectivity index (χ4v) is 4.87. The van der Waals surface area contributed by atoms with Crippen molar-refractivity contribution in [2.45, 2.75) is 18.9 Å². The molecule has 1 saturated carbocycles. The summed E-state index contributed by atoms with van der Waals surface area (Å²) in [6.07, 6.45) is 3.07. The first-order valence-corrected chi connectivity index (χ1v) is 7.77. The Kier molecular flexibility index (Phi) is 2.45. The minimum atomic E-state index is 0.377. The van der Waals surface area contributed by atoms with Gasteiger partial charge in [-0.25, -0.2) is 0 Å². The van der Waals surface area contributed by atoms with Crippen molar-refractivity contribution in [3.8, 4) is 5.19 Å². The minimum Gasteiger partial charge on any atom is -0.465 e. The monoisotopic (exact) mass is 315 g/mol. The van der Waals surface area contributed by atoms with Crippen LogP contribution in [-0.4, -0.2) is 40.8 Å². The quantitative estimate of drug-likeness (QED) is 0.837. The Labute approximate surface area is 112 Å². The van der Waals surface area contributed by atoms with Crippen LogP contribution in [0.25, 0.3) is 0 Å². The Morgan fingerprint density at radius 3 is 2.53 bits per heavy atom. The van der Waals surface area contributed by atoms with Gasteiger partial charge in [0.1, 0.15) is 6.10 Å². The number of nitrogens with zero attached hydrogens (tertiary/aromatic N) is 3. The minimum absolute atomic E-state index is 0.377. The molecule has 1 aromatic heterocycles. The lowest BCUT2D eigenvalue weighted by Crippen LogP contribution is -2.61. The van der Waals surface area contributed by atoms with Crippen LogP contribution in [0.5, 0.6) is 5.19 Å². The molecule has 4 bridgehead atoms. The van der Waals surface area contributed by atoms with Crippen LogP contribution in [0.3, 0.4) is 0 Å². The Balaban J connectivity index is 1.54. The smallest absolute Gasteiger partial charge is 0.295 e. The Morgan fingerprint density at radius 1 is 1.18 bits per heavy atom. The molecule has 92 valence electrons. The Morgan fingerprint density at radius 2 is 1.94 bits per heavy atom. The topological polar surface area (TPSA) is 38.3 Å². The molecule has 4 aliphatic rings. The van der Waals surface area contributed by atoms with Gasteiger partial charge in [-0.15, -0.1) is 5.10 Å². The Bertz CT molecular complexity index is 410. The van der Waals surface area contributed by atoms with Crippen LogP contribution < -0.4 is 4.74 Å². The summed E-state index contributed by atoms with van der Waals surface area (Å²) in [7, 11) is 0. The average molecular weight is 316 g/mol. The van der Waals surface area contributed by atoms with Crippen LogP contribution in [0.15, 0.2) is 3.92 Å². The highest BCUT2D eigenvalue weighted by molar-refractivity contribution is 9.11. The number of rotatable bonds is 2. The molecule has 0 aromatic carbocycles. The van der Waals surface area contributed by atoms with E-state index in [2.05, 4.69) is 31.0 Å². The van der Waals surface area contributed by atoms with E-state index < -0.39 is 0 Å². The van der Waals surface area contributed by atoms with E-state index in [9.17, 15) is 0 Å². The van der Waals surface area contributed by atoms with Crippen LogP contribution in [0.4, 0.5) is 0 Å². The molecule has 0 radical (unpaired) electrons. The number of piperidine rings is 3. The summed E-state index contributed by atoms with van der Waals surface area (Å²) in [6.45, 7) is 3.76. The summed E-state index contributed by atoms with van der Waals surface area (Å²) in [5, 5.41) is 8.73. The van der Waals surface area contributed by atoms with Crippen LogP contribution in [-0.2, 0) is 0 Å². The van der Waals surface area contributed by atoms with E-state index in [0.717, 1.165) is 15.0 Å². The maximum atomic E-state index is 6.10. The number of hydrogen-bond donors (Lipinski definition) is 0. The molecule has 2 unspecified atom stereocenters. The molecule has 3 aliphatic heterocycles. The second-order valence-corrected chi connectivity index (χ2v) is 7.70. The van der Waals surface area contributed by atoms with Crippen molar-refractivity contribution < 1.29 is 4.74 Å². The summed E-state index contributed by atoms with van der Waals surface area (Å²) in [6, 6.07) is 0. The fourth-order valence-electron chi connectivity index (χ4n) is 3.91. The highest BCUT2D eigenvalue weighted by Gasteiger charge is 2.48.